The predicted octanol–water partition coefficient (Wildman–Crippen LogP) is 0.754. The molecule has 0 spiro atoms. The first-order valence-corrected chi connectivity index (χ1v) is 7.49. The number of hydrogen-bond donors (Lipinski definition) is 1. The van der Waals surface area contributed by atoms with Crippen LogP contribution in [0.4, 0.5) is 0 Å². The van der Waals surface area contributed by atoms with E-state index in [0.29, 0.717) is 6.42 Å². The highest BCUT2D eigenvalue weighted by molar-refractivity contribution is 7.91. The third-order valence-electron chi connectivity index (χ3n) is 2.36. The smallest absolute Gasteiger partial charge is 0.151 e. The maximum absolute atomic E-state index is 11.3. The van der Waals surface area contributed by atoms with Crippen LogP contribution in [0.2, 0.25) is 0 Å². The molecule has 86 valence electrons. The Bertz CT molecular complexity index is 425. The molecule has 6 heteroatoms. The number of aromatic nitrogens is 1. The SMILES string of the molecule is Cc1csc(CC(N)C(C)S(C)(=O)=O)n1. The fraction of sp³-hybridized carbons (Fsp3) is 0.667. The van der Waals surface area contributed by atoms with E-state index in [1.165, 1.54) is 17.6 Å². The third-order valence-corrected chi connectivity index (χ3v) is 5.04. The molecule has 0 bridgehead atoms. The minimum atomic E-state index is -3.06. The predicted molar refractivity (Wildman–Crippen MR) is 62.8 cm³/mol. The van der Waals surface area contributed by atoms with Gasteiger partial charge in [-0.1, -0.05) is 0 Å². The molecule has 1 heterocycles. The number of hydrogen-bond acceptors (Lipinski definition) is 5. The number of aryl methyl sites for hydroxylation is 1. The Morgan fingerprint density at radius 2 is 2.20 bits per heavy atom. The lowest BCUT2D eigenvalue weighted by Crippen LogP contribution is -2.39. The molecule has 2 unspecified atom stereocenters. The highest BCUT2D eigenvalue weighted by atomic mass is 32.2. The second-order valence-electron chi connectivity index (χ2n) is 3.79. The summed E-state index contributed by atoms with van der Waals surface area (Å²) in [6.07, 6.45) is 1.73. The number of nitrogens with zero attached hydrogens (tertiary/aromatic N) is 1. The first-order chi connectivity index (χ1) is 6.80. The molecule has 1 aromatic rings. The number of sulfone groups is 1. The lowest BCUT2D eigenvalue weighted by Gasteiger charge is -2.16. The van der Waals surface area contributed by atoms with E-state index in [0.717, 1.165) is 10.7 Å². The standard InChI is InChI=1S/C9H16N2O2S2/c1-6-5-14-9(11-6)4-8(10)7(2)15(3,12)13/h5,7-8H,4,10H2,1-3H3. The zero-order valence-corrected chi connectivity index (χ0v) is 10.7. The molecule has 1 rings (SSSR count). The van der Waals surface area contributed by atoms with Crippen molar-refractivity contribution in [2.45, 2.75) is 31.6 Å². The van der Waals surface area contributed by atoms with Crippen LogP contribution in [0.25, 0.3) is 0 Å². The van der Waals surface area contributed by atoms with Crippen molar-refractivity contribution in [1.29, 1.82) is 0 Å². The molecule has 2 atom stereocenters. The molecule has 1 aromatic heterocycles. The van der Waals surface area contributed by atoms with E-state index in [-0.39, 0.29) is 6.04 Å². The molecular weight excluding hydrogens is 232 g/mol. The molecule has 15 heavy (non-hydrogen) atoms. The van der Waals surface area contributed by atoms with Gasteiger partial charge in [0.25, 0.3) is 0 Å². The Hall–Kier alpha value is -0.460. The van der Waals surface area contributed by atoms with E-state index in [1.54, 1.807) is 6.92 Å². The van der Waals surface area contributed by atoms with Crippen LogP contribution < -0.4 is 5.73 Å². The van der Waals surface area contributed by atoms with Crippen LogP contribution in [-0.2, 0) is 16.3 Å². The number of nitrogens with two attached hydrogens (primary N) is 1. The van der Waals surface area contributed by atoms with Crippen molar-refractivity contribution in [2.24, 2.45) is 5.73 Å². The molecule has 0 radical (unpaired) electrons. The van der Waals surface area contributed by atoms with Gasteiger partial charge < -0.3 is 5.73 Å². The Morgan fingerprint density at radius 3 is 2.60 bits per heavy atom. The molecule has 0 fully saturated rings. The lowest BCUT2D eigenvalue weighted by molar-refractivity contribution is 0.561. The molecule has 2 N–H and O–H groups in total. The van der Waals surface area contributed by atoms with E-state index in [2.05, 4.69) is 4.98 Å². The normalized spacial score (nSPS) is 16.3. The van der Waals surface area contributed by atoms with E-state index < -0.39 is 15.1 Å². The van der Waals surface area contributed by atoms with Crippen LogP contribution in [0.1, 0.15) is 17.6 Å². The van der Waals surface area contributed by atoms with Gasteiger partial charge in [-0.05, 0) is 13.8 Å². The van der Waals surface area contributed by atoms with Crippen molar-refractivity contribution in [3.05, 3.63) is 16.1 Å². The van der Waals surface area contributed by atoms with Crippen molar-refractivity contribution < 1.29 is 8.42 Å². The van der Waals surface area contributed by atoms with Crippen molar-refractivity contribution in [2.75, 3.05) is 6.26 Å². The van der Waals surface area contributed by atoms with Gasteiger partial charge in [0, 0.05) is 29.8 Å². The molecule has 0 aliphatic carbocycles. The topological polar surface area (TPSA) is 73.1 Å². The monoisotopic (exact) mass is 248 g/mol. The second-order valence-corrected chi connectivity index (χ2v) is 7.13. The van der Waals surface area contributed by atoms with E-state index in [4.69, 9.17) is 5.73 Å². The van der Waals surface area contributed by atoms with Crippen LogP contribution in [0.15, 0.2) is 5.38 Å². The average molecular weight is 248 g/mol. The van der Waals surface area contributed by atoms with Crippen LogP contribution >= 0.6 is 11.3 Å². The van der Waals surface area contributed by atoms with E-state index in [1.807, 2.05) is 12.3 Å². The molecule has 0 aliphatic rings. The summed E-state index contributed by atoms with van der Waals surface area (Å²) in [5.74, 6) is 0. The zero-order valence-electron chi connectivity index (χ0n) is 9.10. The van der Waals surface area contributed by atoms with Gasteiger partial charge >= 0.3 is 0 Å². The Morgan fingerprint density at radius 1 is 1.60 bits per heavy atom. The quantitative estimate of drug-likeness (QED) is 0.853. The second kappa shape index (κ2) is 4.59. The molecular formula is C9H16N2O2S2. The van der Waals surface area contributed by atoms with Gasteiger partial charge in [0.2, 0.25) is 0 Å². The van der Waals surface area contributed by atoms with E-state index in [9.17, 15) is 8.42 Å². The minimum absolute atomic E-state index is 0.384. The van der Waals surface area contributed by atoms with E-state index >= 15 is 0 Å². The summed E-state index contributed by atoms with van der Waals surface area (Å²) in [5.41, 5.74) is 6.79. The van der Waals surface area contributed by atoms with Gasteiger partial charge in [-0.25, -0.2) is 13.4 Å². The summed E-state index contributed by atoms with van der Waals surface area (Å²) >= 11 is 1.52. The zero-order chi connectivity index (χ0) is 11.6. The van der Waals surface area contributed by atoms with Gasteiger partial charge in [-0.2, -0.15) is 0 Å². The Balaban J connectivity index is 2.68. The van der Waals surface area contributed by atoms with Crippen LogP contribution in [0.3, 0.4) is 0 Å². The van der Waals surface area contributed by atoms with Crippen molar-refractivity contribution >= 4 is 21.2 Å². The van der Waals surface area contributed by atoms with Crippen molar-refractivity contribution in [1.82, 2.24) is 4.98 Å². The summed E-state index contributed by atoms with van der Waals surface area (Å²) in [6.45, 7) is 3.55. The van der Waals surface area contributed by atoms with Crippen LogP contribution in [0.5, 0.6) is 0 Å². The molecule has 4 nitrogen and oxygen atoms in total. The summed E-state index contributed by atoms with van der Waals surface area (Å²) in [6, 6.07) is -0.384. The summed E-state index contributed by atoms with van der Waals surface area (Å²) in [7, 11) is -3.06. The largest absolute Gasteiger partial charge is 0.326 e. The summed E-state index contributed by atoms with van der Waals surface area (Å²) in [5, 5.41) is 2.31. The Labute approximate surface area is 94.4 Å². The van der Waals surface area contributed by atoms with Crippen LogP contribution in [-0.4, -0.2) is 30.9 Å². The summed E-state index contributed by atoms with van der Waals surface area (Å²) in [4.78, 5) is 4.26. The minimum Gasteiger partial charge on any atom is -0.326 e. The average Bonchev–Trinajstić information content (AvgIpc) is 2.48. The Kier molecular flexibility index (Phi) is 3.86. The summed E-state index contributed by atoms with van der Waals surface area (Å²) < 4.78 is 22.5. The molecule has 0 aromatic carbocycles. The molecule has 0 amide bonds. The van der Waals surface area contributed by atoms with Gasteiger partial charge in [-0.15, -0.1) is 11.3 Å². The lowest BCUT2D eigenvalue weighted by atomic mass is 10.2. The van der Waals surface area contributed by atoms with Crippen LogP contribution in [0, 0.1) is 6.92 Å². The third kappa shape index (κ3) is 3.55. The van der Waals surface area contributed by atoms with Gasteiger partial charge in [0.05, 0.1) is 10.3 Å². The fourth-order valence-electron chi connectivity index (χ4n) is 1.18. The molecule has 0 saturated carbocycles. The first-order valence-electron chi connectivity index (χ1n) is 4.66. The van der Waals surface area contributed by atoms with Crippen molar-refractivity contribution in [3.63, 3.8) is 0 Å². The maximum Gasteiger partial charge on any atom is 0.151 e. The van der Waals surface area contributed by atoms with Crippen molar-refractivity contribution in [3.8, 4) is 0 Å². The molecule has 0 saturated heterocycles. The first kappa shape index (κ1) is 12.6. The van der Waals surface area contributed by atoms with Gasteiger partial charge in [0.1, 0.15) is 0 Å². The number of rotatable bonds is 4. The highest BCUT2D eigenvalue weighted by Gasteiger charge is 2.23. The maximum atomic E-state index is 11.3. The molecule has 0 aliphatic heterocycles. The highest BCUT2D eigenvalue weighted by Crippen LogP contribution is 2.13. The van der Waals surface area contributed by atoms with Gasteiger partial charge in [0.15, 0.2) is 9.84 Å². The number of thiazole rings is 1. The fourth-order valence-corrected chi connectivity index (χ4v) is 2.76. The van der Waals surface area contributed by atoms with Gasteiger partial charge in [-0.3, -0.25) is 0 Å².